The lowest BCUT2D eigenvalue weighted by Gasteiger charge is -2.05. The Morgan fingerprint density at radius 2 is 1.60 bits per heavy atom. The number of nitrogens with two attached hydrogens (primary N) is 1. The fourth-order valence-electron chi connectivity index (χ4n) is 2.04. The third-order valence-corrected chi connectivity index (χ3v) is 3.04. The first-order chi connectivity index (χ1) is 9.74. The topological polar surface area (TPSA) is 71.0 Å². The van der Waals surface area contributed by atoms with Crippen molar-refractivity contribution in [2.45, 2.75) is 0 Å². The van der Waals surface area contributed by atoms with E-state index in [2.05, 4.69) is 10.2 Å². The number of nitrogens with zero attached hydrogens (tertiary/aromatic N) is 2. The number of rotatable bonds is 2. The van der Waals surface area contributed by atoms with Crippen LogP contribution in [0.1, 0.15) is 0 Å². The standard InChI is InChI=1S/C16H13N3O/c17-15-8-9-16(14-10-12(20)6-7-13(14)15)19-18-11-4-2-1-3-5-11/h1-10,20H,17H2. The summed E-state index contributed by atoms with van der Waals surface area (Å²) in [7, 11) is 0. The third-order valence-electron chi connectivity index (χ3n) is 3.04. The molecule has 4 nitrogen and oxygen atoms in total. The van der Waals surface area contributed by atoms with Gasteiger partial charge in [0.1, 0.15) is 5.75 Å². The number of phenols is 1. The van der Waals surface area contributed by atoms with Crippen molar-refractivity contribution in [2.75, 3.05) is 5.73 Å². The van der Waals surface area contributed by atoms with E-state index in [-0.39, 0.29) is 5.75 Å². The van der Waals surface area contributed by atoms with Gasteiger partial charge in [-0.05, 0) is 42.5 Å². The summed E-state index contributed by atoms with van der Waals surface area (Å²) >= 11 is 0. The second-order valence-electron chi connectivity index (χ2n) is 4.44. The van der Waals surface area contributed by atoms with Crippen molar-refractivity contribution in [3.8, 4) is 5.75 Å². The maximum atomic E-state index is 9.62. The zero-order valence-corrected chi connectivity index (χ0v) is 10.7. The molecule has 0 fully saturated rings. The molecule has 0 aliphatic rings. The van der Waals surface area contributed by atoms with Gasteiger partial charge in [-0.2, -0.15) is 5.11 Å². The maximum absolute atomic E-state index is 9.62. The monoisotopic (exact) mass is 263 g/mol. The molecule has 0 bridgehead atoms. The normalized spacial score (nSPS) is 11.2. The van der Waals surface area contributed by atoms with Crippen LogP contribution in [-0.2, 0) is 0 Å². The first kappa shape index (κ1) is 12.2. The molecule has 3 N–H and O–H groups in total. The van der Waals surface area contributed by atoms with Crippen LogP contribution >= 0.6 is 0 Å². The third kappa shape index (κ3) is 2.31. The zero-order valence-electron chi connectivity index (χ0n) is 10.7. The van der Waals surface area contributed by atoms with Crippen LogP contribution in [-0.4, -0.2) is 5.11 Å². The Kier molecular flexibility index (Phi) is 3.05. The molecular formula is C16H13N3O. The van der Waals surface area contributed by atoms with E-state index in [4.69, 9.17) is 5.73 Å². The van der Waals surface area contributed by atoms with E-state index >= 15 is 0 Å². The van der Waals surface area contributed by atoms with Crippen molar-refractivity contribution in [1.82, 2.24) is 0 Å². The smallest absolute Gasteiger partial charge is 0.116 e. The Bertz CT molecular complexity index is 782. The molecule has 0 aliphatic heterocycles. The van der Waals surface area contributed by atoms with Crippen LogP contribution in [0.15, 0.2) is 70.9 Å². The van der Waals surface area contributed by atoms with E-state index in [0.29, 0.717) is 11.4 Å². The van der Waals surface area contributed by atoms with Crippen molar-refractivity contribution >= 4 is 27.8 Å². The van der Waals surface area contributed by atoms with Crippen LogP contribution in [0, 0.1) is 0 Å². The van der Waals surface area contributed by atoms with Crippen molar-refractivity contribution in [2.24, 2.45) is 10.2 Å². The number of hydrogen-bond donors (Lipinski definition) is 2. The van der Waals surface area contributed by atoms with E-state index in [9.17, 15) is 5.11 Å². The van der Waals surface area contributed by atoms with Gasteiger partial charge in [-0.25, -0.2) is 0 Å². The molecular weight excluding hydrogens is 250 g/mol. The summed E-state index contributed by atoms with van der Waals surface area (Å²) < 4.78 is 0. The quantitative estimate of drug-likeness (QED) is 0.526. The van der Waals surface area contributed by atoms with Gasteiger partial charge in [0.25, 0.3) is 0 Å². The van der Waals surface area contributed by atoms with E-state index in [1.165, 1.54) is 0 Å². The summed E-state index contributed by atoms with van der Waals surface area (Å²) in [5.74, 6) is 0.180. The summed E-state index contributed by atoms with van der Waals surface area (Å²) in [6, 6.07) is 18.1. The molecule has 0 unspecified atom stereocenters. The predicted octanol–water partition coefficient (Wildman–Crippen LogP) is 4.54. The van der Waals surface area contributed by atoms with E-state index in [0.717, 1.165) is 16.5 Å². The van der Waals surface area contributed by atoms with Gasteiger partial charge >= 0.3 is 0 Å². The summed E-state index contributed by atoms with van der Waals surface area (Å²) in [6.45, 7) is 0. The average molecular weight is 263 g/mol. The Hall–Kier alpha value is -2.88. The van der Waals surface area contributed by atoms with Crippen molar-refractivity contribution in [3.05, 3.63) is 60.7 Å². The molecule has 0 spiro atoms. The highest BCUT2D eigenvalue weighted by Crippen LogP contribution is 2.33. The van der Waals surface area contributed by atoms with Gasteiger partial charge in [-0.3, -0.25) is 0 Å². The van der Waals surface area contributed by atoms with Crippen LogP contribution < -0.4 is 5.73 Å². The molecule has 3 aromatic rings. The van der Waals surface area contributed by atoms with Crippen molar-refractivity contribution in [3.63, 3.8) is 0 Å². The number of anilines is 1. The molecule has 3 rings (SSSR count). The Morgan fingerprint density at radius 1 is 0.800 bits per heavy atom. The second kappa shape index (κ2) is 5.01. The van der Waals surface area contributed by atoms with Gasteiger partial charge in [-0.1, -0.05) is 18.2 Å². The molecule has 0 heterocycles. The second-order valence-corrected chi connectivity index (χ2v) is 4.44. The van der Waals surface area contributed by atoms with E-state index < -0.39 is 0 Å². The van der Waals surface area contributed by atoms with Crippen LogP contribution in [0.25, 0.3) is 10.8 Å². The minimum atomic E-state index is 0.180. The number of nitrogen functional groups attached to an aromatic ring is 1. The molecule has 0 amide bonds. The highest BCUT2D eigenvalue weighted by Gasteiger charge is 2.04. The number of benzene rings is 3. The van der Waals surface area contributed by atoms with Gasteiger partial charge in [0, 0.05) is 16.5 Å². The van der Waals surface area contributed by atoms with E-state index in [1.54, 1.807) is 30.3 Å². The summed E-state index contributed by atoms with van der Waals surface area (Å²) in [6.07, 6.45) is 0. The van der Waals surface area contributed by atoms with Gasteiger partial charge in [0.15, 0.2) is 0 Å². The lowest BCUT2D eigenvalue weighted by Crippen LogP contribution is -1.86. The van der Waals surface area contributed by atoms with E-state index in [1.807, 2.05) is 30.3 Å². The molecule has 0 aromatic heterocycles. The molecule has 98 valence electrons. The molecule has 0 saturated carbocycles. The van der Waals surface area contributed by atoms with Gasteiger partial charge in [0.05, 0.1) is 11.4 Å². The first-order valence-corrected chi connectivity index (χ1v) is 6.22. The number of hydrogen-bond acceptors (Lipinski definition) is 4. The molecule has 0 radical (unpaired) electrons. The Balaban J connectivity index is 2.10. The predicted molar refractivity (Wildman–Crippen MR) is 80.6 cm³/mol. The highest BCUT2D eigenvalue weighted by atomic mass is 16.3. The lowest BCUT2D eigenvalue weighted by atomic mass is 10.1. The number of phenolic OH excluding ortho intramolecular Hbond substituents is 1. The van der Waals surface area contributed by atoms with Crippen LogP contribution in [0.4, 0.5) is 17.1 Å². The summed E-state index contributed by atoms with van der Waals surface area (Å²) in [5.41, 5.74) is 8.03. The van der Waals surface area contributed by atoms with Crippen LogP contribution in [0.3, 0.4) is 0 Å². The van der Waals surface area contributed by atoms with Crippen molar-refractivity contribution in [1.29, 1.82) is 0 Å². The molecule has 0 aliphatic carbocycles. The summed E-state index contributed by atoms with van der Waals surface area (Å²) in [5, 5.41) is 19.7. The Labute approximate surface area is 116 Å². The zero-order chi connectivity index (χ0) is 13.9. The molecule has 4 heteroatoms. The van der Waals surface area contributed by atoms with Gasteiger partial charge < -0.3 is 10.8 Å². The van der Waals surface area contributed by atoms with Gasteiger partial charge in [-0.15, -0.1) is 5.11 Å². The lowest BCUT2D eigenvalue weighted by molar-refractivity contribution is 0.476. The number of aromatic hydroxyl groups is 1. The SMILES string of the molecule is Nc1ccc(N=Nc2ccccc2)c2cc(O)ccc12. The molecule has 3 aromatic carbocycles. The van der Waals surface area contributed by atoms with Crippen molar-refractivity contribution < 1.29 is 5.11 Å². The number of azo groups is 1. The molecule has 0 atom stereocenters. The average Bonchev–Trinajstić information content (AvgIpc) is 2.47. The van der Waals surface area contributed by atoms with Crippen LogP contribution in [0.5, 0.6) is 5.75 Å². The fraction of sp³-hybridized carbons (Fsp3) is 0. The molecule has 0 saturated heterocycles. The minimum Gasteiger partial charge on any atom is -0.508 e. The van der Waals surface area contributed by atoms with Gasteiger partial charge in [0.2, 0.25) is 0 Å². The van der Waals surface area contributed by atoms with Crippen LogP contribution in [0.2, 0.25) is 0 Å². The first-order valence-electron chi connectivity index (χ1n) is 6.22. The Morgan fingerprint density at radius 3 is 2.40 bits per heavy atom. The largest absolute Gasteiger partial charge is 0.508 e. The maximum Gasteiger partial charge on any atom is 0.116 e. The molecule has 20 heavy (non-hydrogen) atoms. The highest BCUT2D eigenvalue weighted by molar-refractivity contribution is 6.00. The number of fused-ring (bicyclic) bond motifs is 1. The fourth-order valence-corrected chi connectivity index (χ4v) is 2.04. The summed E-state index contributed by atoms with van der Waals surface area (Å²) in [4.78, 5) is 0. The minimum absolute atomic E-state index is 0.180.